The van der Waals surface area contributed by atoms with Crippen LogP contribution in [0.5, 0.6) is 0 Å². The quantitative estimate of drug-likeness (QED) is 0.834. The number of aryl methyl sites for hydroxylation is 1. The first-order valence-electron chi connectivity index (χ1n) is 7.25. The molecule has 0 saturated carbocycles. The van der Waals surface area contributed by atoms with Crippen LogP contribution in [0.15, 0.2) is 30.3 Å². The fourth-order valence-electron chi connectivity index (χ4n) is 2.83. The smallest absolute Gasteiger partial charge is 0.0509 e. The predicted molar refractivity (Wildman–Crippen MR) is 75.8 cm³/mol. The molecule has 1 aromatic carbocycles. The van der Waals surface area contributed by atoms with Crippen LogP contribution in [0.1, 0.15) is 31.7 Å². The summed E-state index contributed by atoms with van der Waals surface area (Å²) in [5.41, 5.74) is 1.45. The van der Waals surface area contributed by atoms with Gasteiger partial charge in [-0.2, -0.15) is 0 Å². The highest BCUT2D eigenvalue weighted by molar-refractivity contribution is 5.14. The van der Waals surface area contributed by atoms with Gasteiger partial charge in [0.05, 0.1) is 6.61 Å². The SMILES string of the molecule is CCNC1CCOCC1CCCc1ccccc1. The summed E-state index contributed by atoms with van der Waals surface area (Å²) in [5.74, 6) is 0.697. The molecule has 0 aliphatic carbocycles. The van der Waals surface area contributed by atoms with E-state index in [2.05, 4.69) is 42.6 Å². The lowest BCUT2D eigenvalue weighted by molar-refractivity contribution is 0.0285. The van der Waals surface area contributed by atoms with Crippen molar-refractivity contribution in [1.29, 1.82) is 0 Å². The lowest BCUT2D eigenvalue weighted by Crippen LogP contribution is -2.42. The normalized spacial score (nSPS) is 24.1. The summed E-state index contributed by atoms with van der Waals surface area (Å²) >= 11 is 0. The molecule has 2 unspecified atom stereocenters. The van der Waals surface area contributed by atoms with E-state index in [1.54, 1.807) is 0 Å². The zero-order valence-electron chi connectivity index (χ0n) is 11.4. The van der Waals surface area contributed by atoms with E-state index >= 15 is 0 Å². The maximum absolute atomic E-state index is 5.62. The zero-order valence-corrected chi connectivity index (χ0v) is 11.4. The van der Waals surface area contributed by atoms with Crippen LogP contribution < -0.4 is 5.32 Å². The molecule has 0 bridgehead atoms. The molecule has 1 saturated heterocycles. The molecule has 1 fully saturated rings. The van der Waals surface area contributed by atoms with Crippen molar-refractivity contribution in [2.45, 2.75) is 38.6 Å². The lowest BCUT2D eigenvalue weighted by Gasteiger charge is -2.32. The topological polar surface area (TPSA) is 21.3 Å². The molecule has 100 valence electrons. The van der Waals surface area contributed by atoms with Crippen LogP contribution in [0.3, 0.4) is 0 Å². The summed E-state index contributed by atoms with van der Waals surface area (Å²) < 4.78 is 5.62. The van der Waals surface area contributed by atoms with E-state index in [-0.39, 0.29) is 0 Å². The Morgan fingerprint density at radius 3 is 2.89 bits per heavy atom. The Morgan fingerprint density at radius 2 is 2.11 bits per heavy atom. The zero-order chi connectivity index (χ0) is 12.6. The molecule has 0 aromatic heterocycles. The van der Waals surface area contributed by atoms with Crippen molar-refractivity contribution < 1.29 is 4.74 Å². The average Bonchev–Trinajstić information content (AvgIpc) is 2.42. The third-order valence-electron chi connectivity index (χ3n) is 3.82. The Bertz CT molecular complexity index is 323. The molecule has 2 rings (SSSR count). The summed E-state index contributed by atoms with van der Waals surface area (Å²) in [7, 11) is 0. The Balaban J connectivity index is 1.74. The van der Waals surface area contributed by atoms with Gasteiger partial charge in [0.25, 0.3) is 0 Å². The minimum atomic E-state index is 0.666. The molecule has 2 atom stereocenters. The van der Waals surface area contributed by atoms with Crippen molar-refractivity contribution in [3.8, 4) is 0 Å². The van der Waals surface area contributed by atoms with Crippen LogP contribution in [-0.4, -0.2) is 25.8 Å². The van der Waals surface area contributed by atoms with Gasteiger partial charge in [-0.25, -0.2) is 0 Å². The Labute approximate surface area is 111 Å². The highest BCUT2D eigenvalue weighted by Crippen LogP contribution is 2.21. The number of rotatable bonds is 6. The van der Waals surface area contributed by atoms with Crippen LogP contribution in [0.4, 0.5) is 0 Å². The van der Waals surface area contributed by atoms with Gasteiger partial charge in [-0.3, -0.25) is 0 Å². The van der Waals surface area contributed by atoms with Gasteiger partial charge in [0.15, 0.2) is 0 Å². The summed E-state index contributed by atoms with van der Waals surface area (Å²) in [6, 6.07) is 11.4. The molecule has 0 radical (unpaired) electrons. The summed E-state index contributed by atoms with van der Waals surface area (Å²) in [4.78, 5) is 0. The van der Waals surface area contributed by atoms with E-state index < -0.39 is 0 Å². The monoisotopic (exact) mass is 247 g/mol. The van der Waals surface area contributed by atoms with E-state index in [9.17, 15) is 0 Å². The van der Waals surface area contributed by atoms with E-state index in [1.807, 2.05) is 0 Å². The summed E-state index contributed by atoms with van der Waals surface area (Å²) in [5, 5.41) is 3.60. The minimum absolute atomic E-state index is 0.666. The number of nitrogens with one attached hydrogen (secondary N) is 1. The van der Waals surface area contributed by atoms with Crippen LogP contribution >= 0.6 is 0 Å². The first kappa shape index (κ1) is 13.6. The molecule has 1 aliphatic rings. The van der Waals surface area contributed by atoms with Crippen molar-refractivity contribution in [3.63, 3.8) is 0 Å². The Hall–Kier alpha value is -0.860. The van der Waals surface area contributed by atoms with Crippen molar-refractivity contribution in [2.24, 2.45) is 5.92 Å². The van der Waals surface area contributed by atoms with Gasteiger partial charge in [-0.15, -0.1) is 0 Å². The fourth-order valence-corrected chi connectivity index (χ4v) is 2.83. The maximum Gasteiger partial charge on any atom is 0.0509 e. The van der Waals surface area contributed by atoms with E-state index in [4.69, 9.17) is 4.74 Å². The fraction of sp³-hybridized carbons (Fsp3) is 0.625. The van der Waals surface area contributed by atoms with E-state index in [0.29, 0.717) is 12.0 Å². The molecule has 18 heavy (non-hydrogen) atoms. The molecule has 0 spiro atoms. The summed E-state index contributed by atoms with van der Waals surface area (Å²) in [6.07, 6.45) is 4.90. The second-order valence-electron chi connectivity index (χ2n) is 5.17. The van der Waals surface area contributed by atoms with Gasteiger partial charge in [-0.1, -0.05) is 37.3 Å². The van der Waals surface area contributed by atoms with Crippen LogP contribution in [0, 0.1) is 5.92 Å². The number of benzene rings is 1. The number of hydrogen-bond acceptors (Lipinski definition) is 2. The van der Waals surface area contributed by atoms with Crippen LogP contribution in [-0.2, 0) is 11.2 Å². The third kappa shape index (κ3) is 4.11. The second-order valence-corrected chi connectivity index (χ2v) is 5.17. The first-order chi connectivity index (χ1) is 8.90. The maximum atomic E-state index is 5.62. The highest BCUT2D eigenvalue weighted by atomic mass is 16.5. The van der Waals surface area contributed by atoms with Gasteiger partial charge in [0, 0.05) is 12.6 Å². The number of ether oxygens (including phenoxy) is 1. The molecule has 2 nitrogen and oxygen atoms in total. The average molecular weight is 247 g/mol. The first-order valence-corrected chi connectivity index (χ1v) is 7.25. The largest absolute Gasteiger partial charge is 0.381 e. The van der Waals surface area contributed by atoms with Crippen molar-refractivity contribution >= 4 is 0 Å². The standard InChI is InChI=1S/C16H25NO/c1-2-17-16-11-12-18-13-15(16)10-6-9-14-7-4-3-5-8-14/h3-5,7-8,15-17H,2,6,9-13H2,1H3. The second kappa shape index (κ2) is 7.55. The third-order valence-corrected chi connectivity index (χ3v) is 3.82. The van der Waals surface area contributed by atoms with Gasteiger partial charge in [0.1, 0.15) is 0 Å². The minimum Gasteiger partial charge on any atom is -0.381 e. The summed E-state index contributed by atoms with van der Waals surface area (Å²) in [6.45, 7) is 5.12. The lowest BCUT2D eigenvalue weighted by atomic mass is 9.90. The van der Waals surface area contributed by atoms with E-state index in [1.165, 1.54) is 31.2 Å². The van der Waals surface area contributed by atoms with Gasteiger partial charge in [0.2, 0.25) is 0 Å². The number of hydrogen-bond donors (Lipinski definition) is 1. The highest BCUT2D eigenvalue weighted by Gasteiger charge is 2.24. The molecule has 0 amide bonds. The molecular weight excluding hydrogens is 222 g/mol. The molecular formula is C16H25NO. The van der Waals surface area contributed by atoms with Crippen molar-refractivity contribution in [1.82, 2.24) is 5.32 Å². The van der Waals surface area contributed by atoms with Crippen molar-refractivity contribution in [3.05, 3.63) is 35.9 Å². The Morgan fingerprint density at radius 1 is 1.28 bits per heavy atom. The van der Waals surface area contributed by atoms with Gasteiger partial charge < -0.3 is 10.1 Å². The van der Waals surface area contributed by atoms with Crippen LogP contribution in [0.25, 0.3) is 0 Å². The predicted octanol–water partition coefficient (Wildman–Crippen LogP) is 3.02. The molecule has 1 heterocycles. The van der Waals surface area contributed by atoms with Gasteiger partial charge in [-0.05, 0) is 43.7 Å². The van der Waals surface area contributed by atoms with Crippen molar-refractivity contribution in [2.75, 3.05) is 19.8 Å². The molecule has 1 aliphatic heterocycles. The Kier molecular flexibility index (Phi) is 5.69. The van der Waals surface area contributed by atoms with Gasteiger partial charge >= 0.3 is 0 Å². The molecule has 1 aromatic rings. The molecule has 2 heteroatoms. The van der Waals surface area contributed by atoms with E-state index in [0.717, 1.165) is 19.8 Å². The molecule has 1 N–H and O–H groups in total. The van der Waals surface area contributed by atoms with Crippen LogP contribution in [0.2, 0.25) is 0 Å².